The first kappa shape index (κ1) is 14.6. The highest BCUT2D eigenvalue weighted by molar-refractivity contribution is 7.08. The minimum Gasteiger partial charge on any atom is -0.321 e. The van der Waals surface area contributed by atoms with Crippen LogP contribution in [-0.2, 0) is 0 Å². The highest BCUT2D eigenvalue weighted by Gasteiger charge is 2.12. The maximum absolute atomic E-state index is 12.2. The number of hydrogen-bond acceptors (Lipinski definition) is 3. The second-order valence-corrected chi connectivity index (χ2v) is 5.30. The molecule has 0 aliphatic carbocycles. The fourth-order valence-corrected chi connectivity index (χ4v) is 2.66. The Labute approximate surface area is 126 Å². The van der Waals surface area contributed by atoms with Crippen molar-refractivity contribution in [3.05, 3.63) is 50.7 Å². The Kier molecular flexibility index (Phi) is 4.80. The fraction of sp³-hybridized carbons (Fsp3) is 0.133. The lowest BCUT2D eigenvalue weighted by atomic mass is 10.1. The van der Waals surface area contributed by atoms with Gasteiger partial charge in [0.05, 0.1) is 17.8 Å². The molecule has 3 N–H and O–H groups in total. The van der Waals surface area contributed by atoms with Gasteiger partial charge in [-0.3, -0.25) is 4.79 Å². The number of hydrogen-bond donors (Lipinski definition) is 2. The molecule has 1 aromatic heterocycles. The number of rotatable bonds is 2. The average molecular weight is 305 g/mol. The number of aryl methyl sites for hydroxylation is 1. The van der Waals surface area contributed by atoms with E-state index in [1.807, 2.05) is 17.7 Å². The summed E-state index contributed by atoms with van der Waals surface area (Å²) in [5.74, 6) is 5.52. The van der Waals surface area contributed by atoms with Crippen molar-refractivity contribution in [2.75, 3.05) is 11.9 Å². The molecule has 1 amide bonds. The highest BCUT2D eigenvalue weighted by atomic mass is 35.5. The number of nitrogens with one attached hydrogen (secondary N) is 1. The molecule has 0 atom stereocenters. The van der Waals surface area contributed by atoms with Gasteiger partial charge in [0, 0.05) is 16.0 Å². The van der Waals surface area contributed by atoms with E-state index in [0.717, 1.165) is 5.56 Å². The van der Waals surface area contributed by atoms with Crippen molar-refractivity contribution in [1.82, 2.24) is 0 Å². The molecule has 0 fully saturated rings. The second-order valence-electron chi connectivity index (χ2n) is 4.12. The van der Waals surface area contributed by atoms with E-state index in [1.165, 1.54) is 11.3 Å². The molecule has 1 aromatic carbocycles. The predicted octanol–water partition coefficient (Wildman–Crippen LogP) is 3.27. The van der Waals surface area contributed by atoms with E-state index in [4.69, 9.17) is 17.3 Å². The standard InChI is InChI=1S/C15H13ClN2OS/c1-10-8-20-9-13(10)15(19)18-14-7-12(16)5-4-11(14)3-2-6-17/h4-5,7-9H,6,17H2,1H3,(H,18,19). The lowest BCUT2D eigenvalue weighted by Gasteiger charge is -2.08. The van der Waals surface area contributed by atoms with Crippen LogP contribution >= 0.6 is 22.9 Å². The third kappa shape index (κ3) is 3.40. The van der Waals surface area contributed by atoms with Crippen molar-refractivity contribution in [3.8, 4) is 11.8 Å². The van der Waals surface area contributed by atoms with Gasteiger partial charge in [0.15, 0.2) is 0 Å². The van der Waals surface area contributed by atoms with Gasteiger partial charge in [0.1, 0.15) is 0 Å². The van der Waals surface area contributed by atoms with E-state index in [-0.39, 0.29) is 12.5 Å². The molecule has 0 aliphatic heterocycles. The Morgan fingerprint density at radius 2 is 2.25 bits per heavy atom. The summed E-state index contributed by atoms with van der Waals surface area (Å²) in [4.78, 5) is 12.2. The normalized spacial score (nSPS) is 9.75. The van der Waals surface area contributed by atoms with Gasteiger partial charge in [0.2, 0.25) is 0 Å². The maximum atomic E-state index is 12.2. The van der Waals surface area contributed by atoms with E-state index < -0.39 is 0 Å². The number of carbonyl (C=O) groups excluding carboxylic acids is 1. The fourth-order valence-electron chi connectivity index (χ4n) is 1.66. The summed E-state index contributed by atoms with van der Waals surface area (Å²) in [6.45, 7) is 2.16. The molecule has 2 aromatic rings. The molecule has 2 rings (SSSR count). The van der Waals surface area contributed by atoms with Crippen LogP contribution in [0.5, 0.6) is 0 Å². The second kappa shape index (κ2) is 6.58. The third-order valence-electron chi connectivity index (χ3n) is 2.66. The van der Waals surface area contributed by atoms with Crippen LogP contribution in [0.1, 0.15) is 21.5 Å². The van der Waals surface area contributed by atoms with Crippen molar-refractivity contribution >= 4 is 34.5 Å². The third-order valence-corrected chi connectivity index (χ3v) is 3.75. The van der Waals surface area contributed by atoms with Gasteiger partial charge in [-0.2, -0.15) is 11.3 Å². The Morgan fingerprint density at radius 3 is 2.90 bits per heavy atom. The van der Waals surface area contributed by atoms with Gasteiger partial charge in [0.25, 0.3) is 5.91 Å². The van der Waals surface area contributed by atoms with Crippen LogP contribution in [0.4, 0.5) is 5.69 Å². The Balaban J connectivity index is 2.31. The van der Waals surface area contributed by atoms with E-state index in [9.17, 15) is 4.79 Å². The van der Waals surface area contributed by atoms with E-state index in [0.29, 0.717) is 21.8 Å². The van der Waals surface area contributed by atoms with Crippen LogP contribution in [0.3, 0.4) is 0 Å². The number of amides is 1. The van der Waals surface area contributed by atoms with Crippen molar-refractivity contribution in [3.63, 3.8) is 0 Å². The Hall–Kier alpha value is -1.80. The molecule has 0 spiro atoms. The average Bonchev–Trinajstić information content (AvgIpc) is 2.84. The molecule has 0 saturated heterocycles. The summed E-state index contributed by atoms with van der Waals surface area (Å²) >= 11 is 7.46. The molecule has 5 heteroatoms. The minimum atomic E-state index is -0.165. The highest BCUT2D eigenvalue weighted by Crippen LogP contribution is 2.22. The van der Waals surface area contributed by atoms with Crippen LogP contribution in [0.2, 0.25) is 5.02 Å². The van der Waals surface area contributed by atoms with Gasteiger partial charge in [-0.1, -0.05) is 23.4 Å². The largest absolute Gasteiger partial charge is 0.321 e. The number of halogens is 1. The number of thiophene rings is 1. The zero-order valence-corrected chi connectivity index (χ0v) is 12.4. The molecule has 102 valence electrons. The molecule has 20 heavy (non-hydrogen) atoms. The molecular weight excluding hydrogens is 292 g/mol. The first-order valence-corrected chi connectivity index (χ1v) is 7.26. The van der Waals surface area contributed by atoms with Crippen LogP contribution < -0.4 is 11.1 Å². The maximum Gasteiger partial charge on any atom is 0.256 e. The number of nitrogens with two attached hydrogens (primary N) is 1. The van der Waals surface area contributed by atoms with Gasteiger partial charge in [-0.05, 0) is 36.1 Å². The van der Waals surface area contributed by atoms with Crippen LogP contribution in [-0.4, -0.2) is 12.5 Å². The first-order valence-electron chi connectivity index (χ1n) is 5.94. The van der Waals surface area contributed by atoms with Gasteiger partial charge in [-0.15, -0.1) is 0 Å². The molecule has 0 bridgehead atoms. The van der Waals surface area contributed by atoms with E-state index >= 15 is 0 Å². The van der Waals surface area contributed by atoms with Crippen LogP contribution in [0, 0.1) is 18.8 Å². The molecule has 0 saturated carbocycles. The Bertz CT molecular complexity index is 697. The summed E-state index contributed by atoms with van der Waals surface area (Å²) in [5.41, 5.74) is 8.26. The van der Waals surface area contributed by atoms with Crippen LogP contribution in [0.15, 0.2) is 29.0 Å². The number of anilines is 1. The smallest absolute Gasteiger partial charge is 0.256 e. The quantitative estimate of drug-likeness (QED) is 0.837. The first-order chi connectivity index (χ1) is 9.61. The zero-order chi connectivity index (χ0) is 14.5. The SMILES string of the molecule is Cc1cscc1C(=O)Nc1cc(Cl)ccc1C#CCN. The van der Waals surface area contributed by atoms with Gasteiger partial charge < -0.3 is 11.1 Å². The predicted molar refractivity (Wildman–Crippen MR) is 84.4 cm³/mol. The summed E-state index contributed by atoms with van der Waals surface area (Å²) < 4.78 is 0. The van der Waals surface area contributed by atoms with Crippen molar-refractivity contribution in [2.45, 2.75) is 6.92 Å². The lowest BCUT2D eigenvalue weighted by Crippen LogP contribution is -2.13. The molecule has 0 aliphatic rings. The lowest BCUT2D eigenvalue weighted by molar-refractivity contribution is 0.102. The summed E-state index contributed by atoms with van der Waals surface area (Å²) in [7, 11) is 0. The minimum absolute atomic E-state index is 0.165. The zero-order valence-electron chi connectivity index (χ0n) is 10.9. The molecule has 0 unspecified atom stereocenters. The molecule has 0 radical (unpaired) electrons. The van der Waals surface area contributed by atoms with Crippen molar-refractivity contribution < 1.29 is 4.79 Å². The number of carbonyl (C=O) groups is 1. The Morgan fingerprint density at radius 1 is 1.45 bits per heavy atom. The van der Waals surface area contributed by atoms with Gasteiger partial charge in [-0.25, -0.2) is 0 Å². The molecule has 1 heterocycles. The molecule has 3 nitrogen and oxygen atoms in total. The topological polar surface area (TPSA) is 55.1 Å². The summed E-state index contributed by atoms with van der Waals surface area (Å²) in [5, 5.41) is 7.14. The van der Waals surface area contributed by atoms with E-state index in [1.54, 1.807) is 18.2 Å². The van der Waals surface area contributed by atoms with Crippen molar-refractivity contribution in [1.29, 1.82) is 0 Å². The number of benzene rings is 1. The van der Waals surface area contributed by atoms with Crippen molar-refractivity contribution in [2.24, 2.45) is 5.73 Å². The summed E-state index contributed by atoms with van der Waals surface area (Å²) in [6, 6.07) is 5.18. The van der Waals surface area contributed by atoms with Crippen LogP contribution in [0.25, 0.3) is 0 Å². The summed E-state index contributed by atoms with van der Waals surface area (Å²) in [6.07, 6.45) is 0. The van der Waals surface area contributed by atoms with E-state index in [2.05, 4.69) is 17.2 Å². The monoisotopic (exact) mass is 304 g/mol. The van der Waals surface area contributed by atoms with Gasteiger partial charge >= 0.3 is 0 Å². The molecular formula is C15H13ClN2OS.